The lowest BCUT2D eigenvalue weighted by atomic mass is 9.87. The molecular weight excluding hydrogens is 299 g/mol. The first-order chi connectivity index (χ1) is 11.0. The molecule has 1 fully saturated rings. The molecule has 1 aromatic rings. The van der Waals surface area contributed by atoms with E-state index >= 15 is 0 Å². The number of fused-ring (bicyclic) bond motifs is 1. The molecule has 2 N–H and O–H groups in total. The van der Waals surface area contributed by atoms with Crippen molar-refractivity contribution in [2.45, 2.75) is 38.1 Å². The van der Waals surface area contributed by atoms with E-state index in [1.54, 1.807) is 11.0 Å². The van der Waals surface area contributed by atoms with Crippen LogP contribution in [0.25, 0.3) is 0 Å². The molecule has 23 heavy (non-hydrogen) atoms. The number of piperidine rings is 1. The van der Waals surface area contributed by atoms with Gasteiger partial charge in [-0.3, -0.25) is 4.79 Å². The molecule has 1 aromatic carbocycles. The van der Waals surface area contributed by atoms with Crippen LogP contribution in [-0.2, 0) is 11.2 Å². The van der Waals surface area contributed by atoms with Gasteiger partial charge in [-0.15, -0.1) is 0 Å². The number of urea groups is 1. The smallest absolute Gasteiger partial charge is 0.317 e. The molecule has 1 aliphatic carbocycles. The van der Waals surface area contributed by atoms with E-state index in [0.717, 1.165) is 30.4 Å². The van der Waals surface area contributed by atoms with Gasteiger partial charge in [-0.05, 0) is 55.4 Å². The van der Waals surface area contributed by atoms with E-state index in [2.05, 4.69) is 5.32 Å². The van der Waals surface area contributed by atoms with Gasteiger partial charge in [0.15, 0.2) is 0 Å². The van der Waals surface area contributed by atoms with Crippen LogP contribution < -0.4 is 5.32 Å². The zero-order valence-corrected chi connectivity index (χ0v) is 12.9. The fourth-order valence-electron chi connectivity index (χ4n) is 3.49. The monoisotopic (exact) mass is 320 g/mol. The van der Waals surface area contributed by atoms with Crippen LogP contribution in [0.1, 0.15) is 42.9 Å². The number of hydrogen-bond acceptors (Lipinski definition) is 2. The van der Waals surface area contributed by atoms with Crippen LogP contribution >= 0.6 is 0 Å². The molecule has 6 heteroatoms. The van der Waals surface area contributed by atoms with Gasteiger partial charge in [0.25, 0.3) is 0 Å². The highest BCUT2D eigenvalue weighted by Crippen LogP contribution is 2.30. The summed E-state index contributed by atoms with van der Waals surface area (Å²) in [6.07, 6.45) is 3.64. The van der Waals surface area contributed by atoms with Crippen molar-refractivity contribution in [1.29, 1.82) is 0 Å². The van der Waals surface area contributed by atoms with Crippen LogP contribution in [0, 0.1) is 11.7 Å². The van der Waals surface area contributed by atoms with Gasteiger partial charge in [-0.25, -0.2) is 9.18 Å². The summed E-state index contributed by atoms with van der Waals surface area (Å²) < 4.78 is 13.5. The minimum atomic E-state index is -0.790. The maximum Gasteiger partial charge on any atom is 0.317 e. The van der Waals surface area contributed by atoms with Crippen molar-refractivity contribution in [2.24, 2.45) is 5.92 Å². The minimum absolute atomic E-state index is 0.167. The fourth-order valence-corrected chi connectivity index (χ4v) is 3.49. The normalized spacial score (nSPS) is 21.6. The number of nitrogens with zero attached hydrogens (tertiary/aromatic N) is 1. The fraction of sp³-hybridized carbons (Fsp3) is 0.529. The predicted molar refractivity (Wildman–Crippen MR) is 82.5 cm³/mol. The molecule has 0 aromatic heterocycles. The van der Waals surface area contributed by atoms with Crippen LogP contribution in [0.3, 0.4) is 0 Å². The molecule has 1 heterocycles. The average Bonchev–Trinajstić information content (AvgIpc) is 2.55. The summed E-state index contributed by atoms with van der Waals surface area (Å²) in [7, 11) is 0. The average molecular weight is 320 g/mol. The largest absolute Gasteiger partial charge is 0.481 e. The van der Waals surface area contributed by atoms with Gasteiger partial charge >= 0.3 is 12.0 Å². The Hall–Kier alpha value is -2.11. The van der Waals surface area contributed by atoms with Crippen molar-refractivity contribution >= 4 is 12.0 Å². The van der Waals surface area contributed by atoms with Crippen molar-refractivity contribution in [3.63, 3.8) is 0 Å². The Bertz CT molecular complexity index is 612. The third kappa shape index (κ3) is 3.46. The standard InChI is InChI=1S/C17H21FN2O3/c18-13-5-4-11-2-1-3-15(14(11)10-13)19-17(23)20-8-6-12(7-9-20)16(21)22/h4-5,10,12,15H,1-3,6-9H2,(H,19,23)(H,21,22)/t15-/m0/s1. The number of amides is 2. The highest BCUT2D eigenvalue weighted by molar-refractivity contribution is 5.76. The summed E-state index contributed by atoms with van der Waals surface area (Å²) in [5, 5.41) is 12.0. The van der Waals surface area contributed by atoms with Crippen LogP contribution in [-0.4, -0.2) is 35.1 Å². The van der Waals surface area contributed by atoms with Gasteiger partial charge in [0.05, 0.1) is 12.0 Å². The number of hydrogen-bond donors (Lipinski definition) is 2. The maximum atomic E-state index is 13.5. The number of aryl methyl sites for hydroxylation is 1. The molecule has 0 radical (unpaired) electrons. The van der Waals surface area contributed by atoms with Crippen LogP contribution in [0.5, 0.6) is 0 Å². The molecule has 0 saturated carbocycles. The Morgan fingerprint density at radius 3 is 2.65 bits per heavy atom. The summed E-state index contributed by atoms with van der Waals surface area (Å²) in [6.45, 7) is 0.900. The maximum absolute atomic E-state index is 13.5. The second-order valence-electron chi connectivity index (χ2n) is 6.34. The van der Waals surface area contributed by atoms with Crippen molar-refractivity contribution < 1.29 is 19.1 Å². The van der Waals surface area contributed by atoms with E-state index in [-0.39, 0.29) is 23.8 Å². The summed E-state index contributed by atoms with van der Waals surface area (Å²) in [6, 6.07) is 4.41. The van der Waals surface area contributed by atoms with Gasteiger partial charge in [0.1, 0.15) is 5.82 Å². The number of rotatable bonds is 2. The highest BCUT2D eigenvalue weighted by Gasteiger charge is 2.29. The van der Waals surface area contributed by atoms with E-state index in [9.17, 15) is 14.0 Å². The lowest BCUT2D eigenvalue weighted by Crippen LogP contribution is -2.46. The van der Waals surface area contributed by atoms with Crippen molar-refractivity contribution in [2.75, 3.05) is 13.1 Å². The van der Waals surface area contributed by atoms with Crippen molar-refractivity contribution in [1.82, 2.24) is 10.2 Å². The molecule has 3 rings (SSSR count). The first-order valence-electron chi connectivity index (χ1n) is 8.11. The molecule has 124 valence electrons. The quantitative estimate of drug-likeness (QED) is 0.880. The molecule has 1 atom stereocenters. The van der Waals surface area contributed by atoms with E-state index < -0.39 is 5.97 Å². The molecular formula is C17H21FN2O3. The van der Waals surface area contributed by atoms with Gasteiger partial charge in [0, 0.05) is 13.1 Å². The molecule has 1 aliphatic heterocycles. The summed E-state index contributed by atoms with van der Waals surface area (Å²) >= 11 is 0. The number of carbonyl (C=O) groups excluding carboxylic acids is 1. The number of benzene rings is 1. The number of carboxylic acids is 1. The number of carbonyl (C=O) groups is 2. The van der Waals surface area contributed by atoms with E-state index in [1.807, 2.05) is 0 Å². The lowest BCUT2D eigenvalue weighted by Gasteiger charge is -2.33. The molecule has 0 spiro atoms. The molecule has 2 amide bonds. The van der Waals surface area contributed by atoms with Crippen LogP contribution in [0.15, 0.2) is 18.2 Å². The Balaban J connectivity index is 1.63. The van der Waals surface area contributed by atoms with Crippen LogP contribution in [0.2, 0.25) is 0 Å². The van der Waals surface area contributed by atoms with E-state index in [4.69, 9.17) is 5.11 Å². The second kappa shape index (κ2) is 6.56. The van der Waals surface area contributed by atoms with Gasteiger partial charge < -0.3 is 15.3 Å². The number of aliphatic carboxylic acids is 1. The Labute approximate surface area is 134 Å². The number of carboxylic acid groups (broad SMARTS) is 1. The first-order valence-corrected chi connectivity index (χ1v) is 8.11. The summed E-state index contributed by atoms with van der Waals surface area (Å²) in [4.78, 5) is 25.0. The predicted octanol–water partition coefficient (Wildman–Crippen LogP) is 2.71. The minimum Gasteiger partial charge on any atom is -0.481 e. The van der Waals surface area contributed by atoms with Crippen molar-refractivity contribution in [3.8, 4) is 0 Å². The molecule has 5 nitrogen and oxygen atoms in total. The third-order valence-electron chi connectivity index (χ3n) is 4.85. The lowest BCUT2D eigenvalue weighted by molar-refractivity contribution is -0.143. The number of likely N-dealkylation sites (tertiary alicyclic amines) is 1. The summed E-state index contributed by atoms with van der Waals surface area (Å²) in [5.41, 5.74) is 1.96. The topological polar surface area (TPSA) is 69.6 Å². The zero-order chi connectivity index (χ0) is 16.4. The second-order valence-corrected chi connectivity index (χ2v) is 6.34. The Morgan fingerprint density at radius 1 is 1.22 bits per heavy atom. The number of halogens is 1. The number of nitrogens with one attached hydrogen (secondary N) is 1. The Kier molecular flexibility index (Phi) is 4.50. The van der Waals surface area contributed by atoms with Crippen LogP contribution in [0.4, 0.5) is 9.18 Å². The van der Waals surface area contributed by atoms with Gasteiger partial charge in [-0.2, -0.15) is 0 Å². The zero-order valence-electron chi connectivity index (χ0n) is 12.9. The summed E-state index contributed by atoms with van der Waals surface area (Å²) in [5.74, 6) is -1.43. The van der Waals surface area contributed by atoms with E-state index in [0.29, 0.717) is 25.9 Å². The van der Waals surface area contributed by atoms with Gasteiger partial charge in [0.2, 0.25) is 0 Å². The third-order valence-corrected chi connectivity index (χ3v) is 4.85. The molecule has 2 aliphatic rings. The highest BCUT2D eigenvalue weighted by atomic mass is 19.1. The van der Waals surface area contributed by atoms with Gasteiger partial charge in [-0.1, -0.05) is 6.07 Å². The first kappa shape index (κ1) is 15.8. The SMILES string of the molecule is O=C(O)C1CCN(C(=O)N[C@H]2CCCc3ccc(F)cc32)CC1. The molecule has 0 unspecified atom stereocenters. The molecule has 1 saturated heterocycles. The van der Waals surface area contributed by atoms with E-state index in [1.165, 1.54) is 12.1 Å². The Morgan fingerprint density at radius 2 is 1.96 bits per heavy atom. The molecule has 0 bridgehead atoms. The van der Waals surface area contributed by atoms with Crippen molar-refractivity contribution in [3.05, 3.63) is 35.1 Å².